The summed E-state index contributed by atoms with van der Waals surface area (Å²) in [7, 11) is 0. The van der Waals surface area contributed by atoms with Crippen molar-refractivity contribution in [1.82, 2.24) is 14.1 Å². The summed E-state index contributed by atoms with van der Waals surface area (Å²) < 4.78 is 4.83. The number of pyridine rings is 1. The Balaban J connectivity index is 1.07. The molecule has 0 radical (unpaired) electrons. The average molecular weight is 738 g/mol. The number of para-hydroxylation sites is 5. The molecule has 0 saturated heterocycles. The zero-order valence-corrected chi connectivity index (χ0v) is 31.5. The summed E-state index contributed by atoms with van der Waals surface area (Å²) in [6.45, 7) is 0. The Morgan fingerprint density at radius 1 is 0.293 bits per heavy atom. The van der Waals surface area contributed by atoms with Crippen LogP contribution in [0, 0.1) is 0 Å². The van der Waals surface area contributed by atoms with Gasteiger partial charge in [0.05, 0.1) is 38.8 Å². The molecule has 9 aromatic carbocycles. The van der Waals surface area contributed by atoms with Crippen molar-refractivity contribution >= 4 is 65.4 Å². The van der Waals surface area contributed by atoms with Gasteiger partial charge in [0.15, 0.2) is 0 Å². The van der Waals surface area contributed by atoms with Crippen molar-refractivity contribution in [2.45, 2.75) is 0 Å². The van der Waals surface area contributed by atoms with E-state index in [1.54, 1.807) is 0 Å². The maximum atomic E-state index is 5.04. The highest BCUT2D eigenvalue weighted by Crippen LogP contribution is 2.42. The predicted molar refractivity (Wildman–Crippen MR) is 244 cm³/mol. The first-order valence-electron chi connectivity index (χ1n) is 19.9. The zero-order chi connectivity index (χ0) is 38.2. The van der Waals surface area contributed by atoms with Gasteiger partial charge < -0.3 is 9.13 Å². The topological polar surface area (TPSA) is 22.8 Å². The molecule has 3 heterocycles. The summed E-state index contributed by atoms with van der Waals surface area (Å²) in [6, 6.07) is 77.0. The molecule has 3 nitrogen and oxygen atoms in total. The van der Waals surface area contributed by atoms with Crippen LogP contribution < -0.4 is 0 Å². The molecule has 0 N–H and O–H groups in total. The van der Waals surface area contributed by atoms with E-state index in [-0.39, 0.29) is 0 Å². The molecule has 0 fully saturated rings. The molecule has 0 aliphatic rings. The Morgan fingerprint density at radius 3 is 1.38 bits per heavy atom. The van der Waals surface area contributed by atoms with Crippen molar-refractivity contribution in [3.63, 3.8) is 0 Å². The molecule has 0 aliphatic heterocycles. The first kappa shape index (κ1) is 32.5. The van der Waals surface area contributed by atoms with Crippen molar-refractivity contribution < 1.29 is 0 Å². The molecule has 58 heavy (non-hydrogen) atoms. The maximum absolute atomic E-state index is 5.04. The van der Waals surface area contributed by atoms with Gasteiger partial charge in [0.2, 0.25) is 0 Å². The lowest BCUT2D eigenvalue weighted by molar-refractivity contribution is 1.18. The molecule has 12 aromatic rings. The normalized spacial score (nSPS) is 11.8. The summed E-state index contributed by atoms with van der Waals surface area (Å²) in [5.41, 5.74) is 16.2. The van der Waals surface area contributed by atoms with E-state index in [0.29, 0.717) is 0 Å². The fraction of sp³-hybridized carbons (Fsp3) is 0. The summed E-state index contributed by atoms with van der Waals surface area (Å²) in [5, 5.41) is 7.28. The van der Waals surface area contributed by atoms with Crippen molar-refractivity contribution in [3.05, 3.63) is 212 Å². The Kier molecular flexibility index (Phi) is 7.23. The van der Waals surface area contributed by atoms with Gasteiger partial charge in [-0.1, -0.05) is 140 Å². The van der Waals surface area contributed by atoms with Crippen LogP contribution >= 0.6 is 0 Å². The minimum absolute atomic E-state index is 1.00. The summed E-state index contributed by atoms with van der Waals surface area (Å²) in [6.07, 6.45) is 0. The lowest BCUT2D eigenvalue weighted by Crippen LogP contribution is -1.98. The molecule has 0 aliphatic carbocycles. The van der Waals surface area contributed by atoms with Gasteiger partial charge in [0.1, 0.15) is 0 Å². The molecular formula is C55H35N3. The fourth-order valence-corrected chi connectivity index (χ4v) is 9.31. The van der Waals surface area contributed by atoms with Crippen LogP contribution in [0.1, 0.15) is 0 Å². The Bertz CT molecular complexity index is 3500. The summed E-state index contributed by atoms with van der Waals surface area (Å²) in [5.74, 6) is 0. The van der Waals surface area contributed by atoms with Gasteiger partial charge in [-0.2, -0.15) is 0 Å². The third-order valence-electron chi connectivity index (χ3n) is 11.9. The third kappa shape index (κ3) is 4.97. The molecule has 0 atom stereocenters. The van der Waals surface area contributed by atoms with E-state index in [2.05, 4.69) is 221 Å². The lowest BCUT2D eigenvalue weighted by Gasteiger charge is -2.18. The van der Waals surface area contributed by atoms with E-state index in [1.807, 2.05) is 0 Å². The average Bonchev–Trinajstić information content (AvgIpc) is 3.81. The standard InChI is InChI=1S/C55H35N3/c1-3-15-36(16-4-1)45-35-39(55-43-21-7-11-23-48(43)56-49-24-12-8-22-44(49)55)29-32-52(45)58-51-26-14-10-20-42(51)47-34-38(28-31-54(47)58)37-27-30-53-46(33-37)41-19-9-13-25-50(41)57(53)40-17-5-2-6-18-40/h1-35H. The zero-order valence-electron chi connectivity index (χ0n) is 31.5. The van der Waals surface area contributed by atoms with Crippen molar-refractivity contribution in [2.24, 2.45) is 0 Å². The summed E-state index contributed by atoms with van der Waals surface area (Å²) in [4.78, 5) is 5.04. The van der Waals surface area contributed by atoms with Gasteiger partial charge in [-0.25, -0.2) is 4.98 Å². The molecule has 0 saturated carbocycles. The number of aromatic nitrogens is 3. The van der Waals surface area contributed by atoms with E-state index in [4.69, 9.17) is 4.98 Å². The van der Waals surface area contributed by atoms with E-state index in [1.165, 1.54) is 82.7 Å². The van der Waals surface area contributed by atoms with E-state index < -0.39 is 0 Å². The number of benzene rings is 9. The van der Waals surface area contributed by atoms with Crippen molar-refractivity contribution in [3.8, 4) is 44.8 Å². The highest BCUT2D eigenvalue weighted by molar-refractivity contribution is 6.14. The number of hydrogen-bond donors (Lipinski definition) is 0. The highest BCUT2D eigenvalue weighted by Gasteiger charge is 2.20. The molecule has 3 heteroatoms. The first-order chi connectivity index (χ1) is 28.8. The predicted octanol–water partition coefficient (Wildman–Crippen LogP) is 14.6. The van der Waals surface area contributed by atoms with Crippen LogP contribution in [0.15, 0.2) is 212 Å². The van der Waals surface area contributed by atoms with Gasteiger partial charge in [-0.3, -0.25) is 0 Å². The lowest BCUT2D eigenvalue weighted by atomic mass is 9.92. The van der Waals surface area contributed by atoms with Crippen LogP contribution in [0.3, 0.4) is 0 Å². The second-order valence-corrected chi connectivity index (χ2v) is 15.1. The van der Waals surface area contributed by atoms with Gasteiger partial charge in [0.25, 0.3) is 0 Å². The molecule has 0 bridgehead atoms. The number of hydrogen-bond acceptors (Lipinski definition) is 1. The van der Waals surface area contributed by atoms with Gasteiger partial charge >= 0.3 is 0 Å². The van der Waals surface area contributed by atoms with Crippen LogP contribution in [-0.2, 0) is 0 Å². The number of rotatable bonds is 5. The quantitative estimate of drug-likeness (QED) is 0.161. The smallest absolute Gasteiger partial charge is 0.0715 e. The van der Waals surface area contributed by atoms with Crippen LogP contribution in [-0.4, -0.2) is 14.1 Å². The number of nitrogens with zero attached hydrogens (tertiary/aromatic N) is 3. The maximum Gasteiger partial charge on any atom is 0.0715 e. The Labute approximate surface area is 335 Å². The van der Waals surface area contributed by atoms with E-state index in [9.17, 15) is 0 Å². The molecule has 0 unspecified atom stereocenters. The fourth-order valence-electron chi connectivity index (χ4n) is 9.31. The van der Waals surface area contributed by atoms with E-state index in [0.717, 1.165) is 27.5 Å². The van der Waals surface area contributed by atoms with Crippen LogP contribution in [0.25, 0.3) is 110 Å². The van der Waals surface area contributed by atoms with Crippen LogP contribution in [0.4, 0.5) is 0 Å². The van der Waals surface area contributed by atoms with E-state index >= 15 is 0 Å². The van der Waals surface area contributed by atoms with Crippen molar-refractivity contribution in [2.75, 3.05) is 0 Å². The van der Waals surface area contributed by atoms with Crippen LogP contribution in [0.5, 0.6) is 0 Å². The second kappa shape index (κ2) is 12.9. The van der Waals surface area contributed by atoms with Crippen LogP contribution in [0.2, 0.25) is 0 Å². The highest BCUT2D eigenvalue weighted by atomic mass is 15.0. The Morgan fingerprint density at radius 2 is 0.759 bits per heavy atom. The minimum atomic E-state index is 1.00. The number of fused-ring (bicyclic) bond motifs is 8. The SMILES string of the molecule is c1ccc(-c2cc(-c3c4ccccc4nc4ccccc34)ccc2-n2c3ccccc3c3cc(-c4ccc5c(c4)c4ccccc4n5-c4ccccc4)ccc32)cc1. The van der Waals surface area contributed by atoms with Gasteiger partial charge in [-0.05, 0) is 95.1 Å². The molecule has 12 rings (SSSR count). The monoisotopic (exact) mass is 737 g/mol. The summed E-state index contributed by atoms with van der Waals surface area (Å²) >= 11 is 0. The first-order valence-corrected chi connectivity index (χ1v) is 19.9. The largest absolute Gasteiger partial charge is 0.309 e. The Hall–Kier alpha value is -7.75. The van der Waals surface area contributed by atoms with Gasteiger partial charge in [-0.15, -0.1) is 0 Å². The molecule has 0 amide bonds. The van der Waals surface area contributed by atoms with Crippen molar-refractivity contribution in [1.29, 1.82) is 0 Å². The third-order valence-corrected chi connectivity index (χ3v) is 11.9. The second-order valence-electron chi connectivity index (χ2n) is 15.1. The molecular weight excluding hydrogens is 703 g/mol. The van der Waals surface area contributed by atoms with Gasteiger partial charge in [0, 0.05) is 49.1 Å². The minimum Gasteiger partial charge on any atom is -0.309 e. The molecule has 0 spiro atoms. The molecule has 3 aromatic heterocycles. The molecule has 270 valence electrons.